The van der Waals surface area contributed by atoms with Gasteiger partial charge in [0.1, 0.15) is 11.3 Å². The summed E-state index contributed by atoms with van der Waals surface area (Å²) in [5, 5.41) is 4.84. The molecule has 1 amide bonds. The van der Waals surface area contributed by atoms with Crippen LogP contribution in [0.15, 0.2) is 48.8 Å². The molecule has 1 aliphatic heterocycles. The summed E-state index contributed by atoms with van der Waals surface area (Å²) in [6, 6.07) is 11.2. The number of hydrogen-bond acceptors (Lipinski definition) is 6. The number of benzene rings is 1. The highest BCUT2D eigenvalue weighted by Gasteiger charge is 2.20. The lowest BCUT2D eigenvalue weighted by Crippen LogP contribution is -2.46. The first-order valence-electron chi connectivity index (χ1n) is 10.4. The van der Waals surface area contributed by atoms with Crippen molar-refractivity contribution in [2.75, 3.05) is 26.2 Å². The second-order valence-corrected chi connectivity index (χ2v) is 8.77. The molecule has 1 fully saturated rings. The Bertz CT molecular complexity index is 1070. The highest BCUT2D eigenvalue weighted by molar-refractivity contribution is 6.30. The molecule has 0 radical (unpaired) electrons. The zero-order valence-electron chi connectivity index (χ0n) is 18.5. The van der Waals surface area contributed by atoms with E-state index in [2.05, 4.69) is 20.0 Å². The lowest BCUT2D eigenvalue weighted by atomic mass is 10.0. The molecule has 2 aromatic heterocycles. The van der Waals surface area contributed by atoms with Gasteiger partial charge in [-0.15, -0.1) is 0 Å². The Morgan fingerprint density at radius 3 is 2.38 bits per heavy atom. The predicted molar refractivity (Wildman–Crippen MR) is 126 cm³/mol. The number of nitrogens with one attached hydrogen (secondary N) is 1. The number of rotatable bonds is 3. The van der Waals surface area contributed by atoms with E-state index in [9.17, 15) is 9.59 Å². The van der Waals surface area contributed by atoms with Gasteiger partial charge < -0.3 is 15.0 Å². The molecular weight excluding hydrogens is 428 g/mol. The monoisotopic (exact) mass is 454 g/mol. The molecule has 0 spiro atoms. The molecule has 1 aromatic carbocycles. The van der Waals surface area contributed by atoms with Gasteiger partial charge in [0.05, 0.1) is 5.52 Å². The number of pyridine rings is 2. The van der Waals surface area contributed by atoms with E-state index < -0.39 is 0 Å². The van der Waals surface area contributed by atoms with E-state index in [1.807, 2.05) is 56.0 Å². The highest BCUT2D eigenvalue weighted by atomic mass is 35.5. The Hall–Kier alpha value is -3.03. The third-order valence-corrected chi connectivity index (χ3v) is 5.03. The zero-order chi connectivity index (χ0) is 23.1. The van der Waals surface area contributed by atoms with Gasteiger partial charge in [-0.1, -0.05) is 23.7 Å². The number of piperazine rings is 1. The molecule has 3 aromatic rings. The fourth-order valence-electron chi connectivity index (χ4n) is 3.18. The van der Waals surface area contributed by atoms with Gasteiger partial charge in [-0.2, -0.15) is 0 Å². The van der Waals surface area contributed by atoms with Crippen LogP contribution in [0.1, 0.15) is 31.3 Å². The van der Waals surface area contributed by atoms with Gasteiger partial charge in [-0.05, 0) is 50.6 Å². The van der Waals surface area contributed by atoms with Crippen LogP contribution in [0.25, 0.3) is 22.0 Å². The Labute approximate surface area is 192 Å². The first-order valence-corrected chi connectivity index (χ1v) is 10.8. The molecule has 168 valence electrons. The topological polar surface area (TPSA) is 84.4 Å². The molecule has 0 unspecified atom stereocenters. The smallest absolute Gasteiger partial charge is 0.293 e. The van der Waals surface area contributed by atoms with E-state index in [4.69, 9.17) is 11.6 Å². The number of carbonyl (C=O) groups is 2. The fraction of sp³-hybridized carbons (Fsp3) is 0.333. The Morgan fingerprint density at radius 2 is 1.78 bits per heavy atom. The largest absolute Gasteiger partial charge is 0.462 e. The maximum atomic E-state index is 12.7. The summed E-state index contributed by atoms with van der Waals surface area (Å²) >= 11 is 5.98. The van der Waals surface area contributed by atoms with Gasteiger partial charge >= 0.3 is 0 Å². The van der Waals surface area contributed by atoms with Gasteiger partial charge in [-0.3, -0.25) is 14.6 Å². The minimum atomic E-state index is -0.318. The Morgan fingerprint density at radius 1 is 1.09 bits per heavy atom. The van der Waals surface area contributed by atoms with Gasteiger partial charge in [-0.25, -0.2) is 4.98 Å². The highest BCUT2D eigenvalue weighted by Crippen LogP contribution is 2.27. The molecule has 1 aliphatic rings. The van der Waals surface area contributed by atoms with Crippen molar-refractivity contribution in [3.63, 3.8) is 0 Å². The summed E-state index contributed by atoms with van der Waals surface area (Å²) in [5.41, 5.74) is 2.79. The van der Waals surface area contributed by atoms with Crippen LogP contribution in [0.4, 0.5) is 0 Å². The number of carbonyl (C=O) groups excluding carboxylic acids is 2. The molecule has 7 nitrogen and oxygen atoms in total. The van der Waals surface area contributed by atoms with Crippen LogP contribution in [0.2, 0.25) is 5.02 Å². The number of nitrogens with zero attached hydrogens (tertiary/aromatic N) is 3. The van der Waals surface area contributed by atoms with E-state index in [1.54, 1.807) is 18.5 Å². The number of fused-ring (bicyclic) bond motifs is 1. The van der Waals surface area contributed by atoms with Crippen molar-refractivity contribution in [1.82, 2.24) is 20.2 Å². The SMILES string of the molecule is CC(C)(C)OC=O.O=C(c1ccc2cncc(-c3ccc(Cl)cc3)c2n1)N1CCNCC1. The molecule has 1 N–H and O–H groups in total. The Balaban J connectivity index is 0.000000360. The predicted octanol–water partition coefficient (Wildman–Crippen LogP) is 3.95. The van der Waals surface area contributed by atoms with Crippen LogP contribution in [0.5, 0.6) is 0 Å². The average molecular weight is 455 g/mol. The second-order valence-electron chi connectivity index (χ2n) is 8.33. The number of ether oxygens (including phenoxy) is 1. The van der Waals surface area contributed by atoms with E-state index in [0.717, 1.165) is 35.1 Å². The number of aromatic nitrogens is 2. The van der Waals surface area contributed by atoms with Gasteiger partial charge in [0, 0.05) is 54.5 Å². The normalized spacial score (nSPS) is 13.8. The van der Waals surface area contributed by atoms with E-state index >= 15 is 0 Å². The number of hydrogen-bond donors (Lipinski definition) is 1. The van der Waals surface area contributed by atoms with Crippen LogP contribution < -0.4 is 5.32 Å². The molecule has 0 atom stereocenters. The number of halogens is 1. The van der Waals surface area contributed by atoms with E-state index in [0.29, 0.717) is 30.3 Å². The first kappa shape index (κ1) is 23.6. The molecular formula is C24H27ClN4O3. The van der Waals surface area contributed by atoms with Crippen LogP contribution in [0, 0.1) is 0 Å². The average Bonchev–Trinajstić information content (AvgIpc) is 2.79. The molecule has 8 heteroatoms. The van der Waals surface area contributed by atoms with Crippen molar-refractivity contribution in [3.05, 3.63) is 59.5 Å². The van der Waals surface area contributed by atoms with Crippen molar-refractivity contribution < 1.29 is 14.3 Å². The quantitative estimate of drug-likeness (QED) is 0.603. The van der Waals surface area contributed by atoms with Crippen molar-refractivity contribution in [2.45, 2.75) is 26.4 Å². The lowest BCUT2D eigenvalue weighted by molar-refractivity contribution is -0.138. The van der Waals surface area contributed by atoms with E-state index in [-0.39, 0.29) is 11.5 Å². The Kier molecular flexibility index (Phi) is 7.77. The summed E-state index contributed by atoms with van der Waals surface area (Å²) in [4.78, 5) is 33.1. The van der Waals surface area contributed by atoms with Gasteiger partial charge in [0.25, 0.3) is 12.4 Å². The molecule has 0 aliphatic carbocycles. The summed E-state index contributed by atoms with van der Waals surface area (Å²) in [6.45, 7) is 8.97. The minimum absolute atomic E-state index is 0.0257. The summed E-state index contributed by atoms with van der Waals surface area (Å²) in [5.74, 6) is -0.0257. The minimum Gasteiger partial charge on any atom is -0.462 e. The molecule has 4 rings (SSSR count). The first-order chi connectivity index (χ1) is 15.3. The molecule has 1 saturated heterocycles. The maximum Gasteiger partial charge on any atom is 0.293 e. The van der Waals surface area contributed by atoms with Crippen molar-refractivity contribution in [1.29, 1.82) is 0 Å². The molecule has 0 saturated carbocycles. The summed E-state index contributed by atoms with van der Waals surface area (Å²) in [6.07, 6.45) is 3.54. The maximum absolute atomic E-state index is 12.7. The van der Waals surface area contributed by atoms with Crippen molar-refractivity contribution >= 4 is 34.9 Å². The van der Waals surface area contributed by atoms with Crippen LogP contribution in [-0.2, 0) is 9.53 Å². The fourth-order valence-corrected chi connectivity index (χ4v) is 3.30. The van der Waals surface area contributed by atoms with E-state index in [1.165, 1.54) is 0 Å². The van der Waals surface area contributed by atoms with Crippen LogP contribution in [-0.4, -0.2) is 59.0 Å². The molecule has 0 bridgehead atoms. The van der Waals surface area contributed by atoms with Gasteiger partial charge in [0.2, 0.25) is 0 Å². The lowest BCUT2D eigenvalue weighted by Gasteiger charge is -2.27. The summed E-state index contributed by atoms with van der Waals surface area (Å²) in [7, 11) is 0. The van der Waals surface area contributed by atoms with Crippen molar-refractivity contribution in [2.24, 2.45) is 0 Å². The third kappa shape index (κ3) is 6.24. The third-order valence-electron chi connectivity index (χ3n) is 4.78. The van der Waals surface area contributed by atoms with Crippen LogP contribution >= 0.6 is 11.6 Å². The van der Waals surface area contributed by atoms with Crippen LogP contribution in [0.3, 0.4) is 0 Å². The molecule has 32 heavy (non-hydrogen) atoms. The second kappa shape index (κ2) is 10.5. The summed E-state index contributed by atoms with van der Waals surface area (Å²) < 4.78 is 4.55. The van der Waals surface area contributed by atoms with Gasteiger partial charge in [0.15, 0.2) is 0 Å². The standard InChI is InChI=1S/C19H17ClN4O.C5H10O2/c20-15-4-1-13(2-5-15)16-12-22-11-14-3-6-17(23-18(14)16)19(25)24-9-7-21-8-10-24;1-5(2,3)7-4-6/h1-6,11-12,21H,7-10H2;4H,1-3H3. The zero-order valence-corrected chi connectivity index (χ0v) is 19.2. The number of amides is 1. The molecule has 3 heterocycles. The van der Waals surface area contributed by atoms with Crippen molar-refractivity contribution in [3.8, 4) is 11.1 Å².